The number of rotatable bonds is 9. The largest absolute Gasteiger partial charge is 2.00 e. The van der Waals surface area contributed by atoms with Crippen molar-refractivity contribution in [3.63, 3.8) is 0 Å². The van der Waals surface area contributed by atoms with Crippen molar-refractivity contribution in [1.82, 2.24) is 0 Å². The Bertz CT molecular complexity index is 3120. The fourth-order valence-corrected chi connectivity index (χ4v) is 18.1. The SMILES string of the molecule is [Be+2].[O-]c1ccc([Si](c2ccccc2)(c2ccccc2)c2ccccc2)cc1-c1[nH+]c2ccccc2s1.[O-]c1ccc([Si](c2ccccc2)c2ccccc2)cc1-c1[nH+]c2ccccc2s1. The van der Waals surface area contributed by atoms with Crippen molar-refractivity contribution >= 4 is 106 Å². The molecule has 65 heavy (non-hydrogen) atoms. The van der Waals surface area contributed by atoms with Crippen LogP contribution in [0.1, 0.15) is 0 Å². The van der Waals surface area contributed by atoms with Crippen molar-refractivity contribution in [3.05, 3.63) is 237 Å². The van der Waals surface area contributed by atoms with E-state index < -0.39 is 16.9 Å². The van der Waals surface area contributed by atoms with Crippen molar-refractivity contribution in [3.8, 4) is 32.6 Å². The van der Waals surface area contributed by atoms with Crippen LogP contribution in [-0.2, 0) is 0 Å². The van der Waals surface area contributed by atoms with Crippen LogP contribution in [0.3, 0.4) is 0 Å². The van der Waals surface area contributed by atoms with E-state index in [4.69, 9.17) is 0 Å². The molecule has 0 saturated carbocycles. The summed E-state index contributed by atoms with van der Waals surface area (Å²) in [7, 11) is -3.88. The van der Waals surface area contributed by atoms with Crippen LogP contribution in [0.15, 0.2) is 237 Å². The van der Waals surface area contributed by atoms with Gasteiger partial charge in [0.15, 0.2) is 16.9 Å². The Morgan fingerprint density at radius 1 is 0.354 bits per heavy atom. The van der Waals surface area contributed by atoms with Crippen molar-refractivity contribution in [2.45, 2.75) is 0 Å². The van der Waals surface area contributed by atoms with Crippen LogP contribution in [-0.4, -0.2) is 27.0 Å². The van der Waals surface area contributed by atoms with Gasteiger partial charge in [0, 0.05) is 23.3 Å². The van der Waals surface area contributed by atoms with Crippen LogP contribution in [0.2, 0.25) is 0 Å². The van der Waals surface area contributed by atoms with Gasteiger partial charge in [-0.15, -0.1) is 0 Å². The van der Waals surface area contributed by atoms with Crippen LogP contribution >= 0.6 is 22.7 Å². The average molecular weight is 903 g/mol. The summed E-state index contributed by atoms with van der Waals surface area (Å²) in [5.41, 5.74) is 3.59. The Morgan fingerprint density at radius 2 is 0.723 bits per heavy atom. The molecule has 0 aliphatic carbocycles. The first-order valence-electron chi connectivity index (χ1n) is 21.2. The third kappa shape index (κ3) is 8.66. The number of hydrogen-bond acceptors (Lipinski definition) is 4. The molecule has 9 aromatic carbocycles. The van der Waals surface area contributed by atoms with Gasteiger partial charge >= 0.3 is 10.1 Å². The number of fused-ring (bicyclic) bond motifs is 2. The maximum atomic E-state index is 13.2. The van der Waals surface area contributed by atoms with Gasteiger partial charge in [-0.2, -0.15) is 9.97 Å². The fraction of sp³-hybridized carbons (Fsp3) is 0. The zero-order valence-corrected chi connectivity index (χ0v) is 39.0. The molecule has 9 heteroatoms. The molecule has 0 spiro atoms. The maximum Gasteiger partial charge on any atom is 2.00 e. The first-order chi connectivity index (χ1) is 31.6. The number of para-hydroxylation sites is 2. The van der Waals surface area contributed by atoms with Gasteiger partial charge in [0.05, 0.1) is 0 Å². The maximum absolute atomic E-state index is 13.2. The fourth-order valence-electron chi connectivity index (χ4n) is 8.66. The Labute approximate surface area is 393 Å². The van der Waals surface area contributed by atoms with Gasteiger partial charge in [-0.05, 0) is 50.2 Å². The number of aromatic amines is 2. The number of nitrogens with one attached hydrogen (secondary N) is 2. The van der Waals surface area contributed by atoms with Crippen molar-refractivity contribution in [1.29, 1.82) is 0 Å². The summed E-state index contributed by atoms with van der Waals surface area (Å²) in [5, 5.41) is 36.7. The van der Waals surface area contributed by atoms with Crippen LogP contribution in [0.5, 0.6) is 11.5 Å². The van der Waals surface area contributed by atoms with E-state index in [9.17, 15) is 10.2 Å². The zero-order chi connectivity index (χ0) is 43.3. The van der Waals surface area contributed by atoms with Crippen molar-refractivity contribution in [2.24, 2.45) is 0 Å². The van der Waals surface area contributed by atoms with E-state index in [2.05, 4.69) is 186 Å². The molecule has 11 aromatic rings. The molecule has 0 bridgehead atoms. The molecule has 0 saturated heterocycles. The summed E-state index contributed by atoms with van der Waals surface area (Å²) in [4.78, 5) is 6.91. The molecule has 0 fully saturated rings. The minimum Gasteiger partial charge on any atom is -0.872 e. The quantitative estimate of drug-likeness (QED) is 0.124. The smallest absolute Gasteiger partial charge is 0.872 e. The third-order valence-electron chi connectivity index (χ3n) is 11.6. The van der Waals surface area contributed by atoms with Crippen LogP contribution in [0, 0.1) is 0 Å². The molecular formula is C56H41BeN2O2S2Si2+2. The van der Waals surface area contributed by atoms with Crippen molar-refractivity contribution < 1.29 is 20.2 Å². The van der Waals surface area contributed by atoms with Gasteiger partial charge in [0.25, 0.3) is 10.0 Å². The summed E-state index contributed by atoms with van der Waals surface area (Å²) in [5.74, 6) is 0.0904. The first-order valence-corrected chi connectivity index (χ1v) is 26.3. The van der Waals surface area contributed by atoms with Gasteiger partial charge in [0.1, 0.15) is 9.40 Å². The topological polar surface area (TPSA) is 74.4 Å². The molecule has 4 nitrogen and oxygen atoms in total. The second kappa shape index (κ2) is 19.4. The molecule has 2 heterocycles. The second-order valence-corrected chi connectivity index (χ2v) is 23.9. The van der Waals surface area contributed by atoms with Gasteiger partial charge in [-0.3, -0.25) is 0 Å². The zero-order valence-electron chi connectivity index (χ0n) is 35.4. The molecule has 0 atom stereocenters. The molecule has 11 rings (SSSR count). The predicted molar refractivity (Wildman–Crippen MR) is 273 cm³/mol. The van der Waals surface area contributed by atoms with Crippen LogP contribution < -0.4 is 56.5 Å². The summed E-state index contributed by atoms with van der Waals surface area (Å²) >= 11 is 3.26. The second-order valence-electron chi connectivity index (χ2n) is 15.5. The first kappa shape index (κ1) is 43.2. The normalized spacial score (nSPS) is 11.2. The van der Waals surface area contributed by atoms with E-state index >= 15 is 0 Å². The third-order valence-corrected chi connectivity index (χ3v) is 21.3. The van der Waals surface area contributed by atoms with Crippen LogP contribution in [0.4, 0.5) is 0 Å². The van der Waals surface area contributed by atoms with E-state index in [0.29, 0.717) is 0 Å². The molecular weight excluding hydrogens is 862 g/mol. The van der Waals surface area contributed by atoms with Crippen molar-refractivity contribution in [2.75, 3.05) is 0 Å². The van der Waals surface area contributed by atoms with E-state index in [0.717, 1.165) is 41.6 Å². The number of aromatic nitrogens is 2. The van der Waals surface area contributed by atoms with Gasteiger partial charge in [-0.1, -0.05) is 245 Å². The molecule has 0 unspecified atom stereocenters. The predicted octanol–water partition coefficient (Wildman–Crippen LogP) is 6.42. The average Bonchev–Trinajstić information content (AvgIpc) is 4.00. The minimum atomic E-state index is -2.67. The Balaban J connectivity index is 0.000000164. The van der Waals surface area contributed by atoms with Gasteiger partial charge < -0.3 is 10.2 Å². The van der Waals surface area contributed by atoms with Gasteiger partial charge in [-0.25, -0.2) is 0 Å². The van der Waals surface area contributed by atoms with E-state index in [1.807, 2.05) is 48.5 Å². The van der Waals surface area contributed by atoms with Crippen LogP contribution in [0.25, 0.3) is 41.6 Å². The number of thiazole rings is 2. The van der Waals surface area contributed by atoms with E-state index in [1.165, 1.54) is 36.3 Å². The molecule has 1 radical (unpaired) electrons. The number of H-pyrrole nitrogens is 2. The summed E-state index contributed by atoms with van der Waals surface area (Å²) in [6, 6.07) is 81.7. The van der Waals surface area contributed by atoms with E-state index in [1.54, 1.807) is 34.8 Å². The van der Waals surface area contributed by atoms with Gasteiger partial charge in [0.2, 0.25) is 11.0 Å². The monoisotopic (exact) mass is 902 g/mol. The summed E-state index contributed by atoms with van der Waals surface area (Å²) < 4.78 is 2.30. The molecule has 0 aliphatic rings. The summed E-state index contributed by atoms with van der Waals surface area (Å²) in [6.45, 7) is 0. The Hall–Kier alpha value is -7.04. The minimum absolute atomic E-state index is 0. The molecule has 2 N–H and O–H groups in total. The standard InChI is InChI=1S/C31H23NOSSi.C25H18NOSSi.Be/c33-29-21-20-26(22-27(29)31-32-28-18-10-11-19-30(28)34-31)35(23-12-4-1-5-13-23,24-14-6-2-7-15-24)25-16-8-3-9-17-25;27-23-16-15-20(17-21(23)25-26-22-13-7-8-14-24(22)28-25)29(18-9-3-1-4-10-18)19-11-5-2-6-12-19;/h1-22,33H;1-17,27H;/q;;+2. The number of hydrogen-bond donors (Lipinski definition) is 0. The Kier molecular flexibility index (Phi) is 12.9. The summed E-state index contributed by atoms with van der Waals surface area (Å²) in [6.07, 6.45) is 0. The Morgan fingerprint density at radius 3 is 1.15 bits per heavy atom. The molecule has 0 aliphatic heterocycles. The molecule has 307 valence electrons. The number of benzene rings is 9. The van der Waals surface area contributed by atoms with E-state index in [-0.39, 0.29) is 21.6 Å². The molecule has 2 aromatic heterocycles. The molecule has 0 amide bonds.